The third kappa shape index (κ3) is 3.33. The van der Waals surface area contributed by atoms with Gasteiger partial charge in [0.25, 0.3) is 0 Å². The van der Waals surface area contributed by atoms with Gasteiger partial charge in [-0.05, 0) is 49.2 Å². The van der Waals surface area contributed by atoms with Crippen molar-refractivity contribution < 1.29 is 18.6 Å². The molecule has 0 unspecified atom stereocenters. The lowest BCUT2D eigenvalue weighted by molar-refractivity contribution is 0.194. The van der Waals surface area contributed by atoms with Crippen LogP contribution in [-0.4, -0.2) is 5.11 Å². The molecule has 2 nitrogen and oxygen atoms in total. The molecule has 0 aliphatic heterocycles. The van der Waals surface area contributed by atoms with Crippen LogP contribution in [-0.2, 0) is 6.61 Å². The standard InChI is InChI=1S/C16H16F2O2/c1-10-7-13(17)4-3-12(10)9-20-14-5-6-15(11(2)19)16(18)8-14/h3-8,11,19H,9H2,1-2H3/t11-/m0/s1. The van der Waals surface area contributed by atoms with E-state index in [0.717, 1.165) is 11.1 Å². The molecule has 0 aliphatic carbocycles. The minimum atomic E-state index is -0.858. The van der Waals surface area contributed by atoms with Crippen LogP contribution in [0.25, 0.3) is 0 Å². The Morgan fingerprint density at radius 3 is 2.50 bits per heavy atom. The lowest BCUT2D eigenvalue weighted by atomic mass is 10.1. The highest BCUT2D eigenvalue weighted by Crippen LogP contribution is 2.22. The van der Waals surface area contributed by atoms with Crippen molar-refractivity contribution in [2.45, 2.75) is 26.6 Å². The molecule has 1 N–H and O–H groups in total. The van der Waals surface area contributed by atoms with Crippen molar-refractivity contribution in [3.63, 3.8) is 0 Å². The second-order valence-electron chi connectivity index (χ2n) is 4.72. The van der Waals surface area contributed by atoms with Crippen molar-refractivity contribution >= 4 is 0 Å². The minimum absolute atomic E-state index is 0.232. The van der Waals surface area contributed by atoms with E-state index >= 15 is 0 Å². The number of halogens is 2. The molecule has 0 saturated carbocycles. The maximum Gasteiger partial charge on any atom is 0.132 e. The number of aliphatic hydroxyl groups is 1. The Hall–Kier alpha value is -1.94. The first kappa shape index (κ1) is 14.5. The molecule has 2 aromatic carbocycles. The van der Waals surface area contributed by atoms with Gasteiger partial charge in [-0.2, -0.15) is 0 Å². The molecular formula is C16H16F2O2. The fourth-order valence-electron chi connectivity index (χ4n) is 1.92. The van der Waals surface area contributed by atoms with Crippen molar-refractivity contribution in [2.75, 3.05) is 0 Å². The van der Waals surface area contributed by atoms with E-state index in [0.29, 0.717) is 5.75 Å². The molecule has 4 heteroatoms. The summed E-state index contributed by atoms with van der Waals surface area (Å²) in [6.07, 6.45) is -0.858. The number of hydrogen-bond donors (Lipinski definition) is 1. The molecule has 106 valence electrons. The average molecular weight is 278 g/mol. The van der Waals surface area contributed by atoms with Crippen molar-refractivity contribution in [1.29, 1.82) is 0 Å². The van der Waals surface area contributed by atoms with Gasteiger partial charge in [-0.15, -0.1) is 0 Å². The van der Waals surface area contributed by atoms with Crippen LogP contribution in [0.4, 0.5) is 8.78 Å². The lowest BCUT2D eigenvalue weighted by Gasteiger charge is -2.11. The van der Waals surface area contributed by atoms with Crippen molar-refractivity contribution in [2.24, 2.45) is 0 Å². The van der Waals surface area contributed by atoms with Crippen LogP contribution in [0.2, 0.25) is 0 Å². The Morgan fingerprint density at radius 2 is 1.90 bits per heavy atom. The fourth-order valence-corrected chi connectivity index (χ4v) is 1.92. The van der Waals surface area contributed by atoms with Gasteiger partial charge in [0.05, 0.1) is 6.10 Å². The molecule has 0 aromatic heterocycles. The van der Waals surface area contributed by atoms with E-state index in [4.69, 9.17) is 4.74 Å². The Balaban J connectivity index is 2.09. The SMILES string of the molecule is Cc1cc(F)ccc1COc1ccc([C@H](C)O)c(F)c1. The molecule has 1 atom stereocenters. The number of ether oxygens (including phenoxy) is 1. The molecular weight excluding hydrogens is 262 g/mol. The summed E-state index contributed by atoms with van der Waals surface area (Å²) in [6.45, 7) is 3.53. The second-order valence-corrected chi connectivity index (χ2v) is 4.72. The summed E-state index contributed by atoms with van der Waals surface area (Å²) < 4.78 is 32.1. The zero-order valence-electron chi connectivity index (χ0n) is 11.4. The van der Waals surface area contributed by atoms with E-state index in [1.807, 2.05) is 0 Å². The van der Waals surface area contributed by atoms with Gasteiger partial charge in [0.1, 0.15) is 24.0 Å². The molecule has 0 aliphatic rings. The zero-order valence-corrected chi connectivity index (χ0v) is 11.4. The maximum atomic E-state index is 13.7. The predicted octanol–water partition coefficient (Wildman–Crippen LogP) is 3.91. The summed E-state index contributed by atoms with van der Waals surface area (Å²) in [5, 5.41) is 9.35. The van der Waals surface area contributed by atoms with E-state index in [1.54, 1.807) is 19.1 Å². The first-order chi connectivity index (χ1) is 9.47. The largest absolute Gasteiger partial charge is 0.489 e. The van der Waals surface area contributed by atoms with Crippen molar-refractivity contribution in [1.82, 2.24) is 0 Å². The monoisotopic (exact) mass is 278 g/mol. The number of hydrogen-bond acceptors (Lipinski definition) is 2. The first-order valence-electron chi connectivity index (χ1n) is 6.32. The van der Waals surface area contributed by atoms with Gasteiger partial charge in [-0.25, -0.2) is 8.78 Å². The Labute approximate surface area is 116 Å². The molecule has 0 radical (unpaired) electrons. The van der Waals surface area contributed by atoms with Crippen LogP contribution < -0.4 is 4.74 Å². The van der Waals surface area contributed by atoms with E-state index < -0.39 is 11.9 Å². The number of aryl methyl sites for hydroxylation is 1. The lowest BCUT2D eigenvalue weighted by Crippen LogP contribution is -2.00. The number of benzene rings is 2. The van der Waals surface area contributed by atoms with Gasteiger partial charge in [0.2, 0.25) is 0 Å². The first-order valence-corrected chi connectivity index (χ1v) is 6.32. The van der Waals surface area contributed by atoms with E-state index in [2.05, 4.69) is 0 Å². The van der Waals surface area contributed by atoms with Crippen LogP contribution in [0.3, 0.4) is 0 Å². The third-order valence-corrected chi connectivity index (χ3v) is 3.12. The number of aliphatic hydroxyl groups excluding tert-OH is 1. The van der Waals surface area contributed by atoms with Crippen LogP contribution >= 0.6 is 0 Å². The van der Waals surface area contributed by atoms with Gasteiger partial charge in [-0.3, -0.25) is 0 Å². The van der Waals surface area contributed by atoms with Gasteiger partial charge >= 0.3 is 0 Å². The summed E-state index contributed by atoms with van der Waals surface area (Å²) >= 11 is 0. The van der Waals surface area contributed by atoms with E-state index in [1.165, 1.54) is 31.2 Å². The van der Waals surface area contributed by atoms with E-state index in [-0.39, 0.29) is 18.0 Å². The van der Waals surface area contributed by atoms with Gasteiger partial charge in [0.15, 0.2) is 0 Å². The third-order valence-electron chi connectivity index (χ3n) is 3.12. The summed E-state index contributed by atoms with van der Waals surface area (Å²) in [5.41, 5.74) is 1.85. The summed E-state index contributed by atoms with van der Waals surface area (Å²) in [6, 6.07) is 8.77. The zero-order chi connectivity index (χ0) is 14.7. The summed E-state index contributed by atoms with van der Waals surface area (Å²) in [7, 11) is 0. The Morgan fingerprint density at radius 1 is 1.15 bits per heavy atom. The molecule has 2 rings (SSSR count). The molecule has 2 aromatic rings. The van der Waals surface area contributed by atoms with Crippen molar-refractivity contribution in [3.05, 3.63) is 64.7 Å². The summed E-state index contributed by atoms with van der Waals surface area (Å²) in [5.74, 6) is -0.428. The van der Waals surface area contributed by atoms with Crippen LogP contribution in [0, 0.1) is 18.6 Å². The topological polar surface area (TPSA) is 29.5 Å². The Bertz CT molecular complexity index is 609. The molecule has 0 spiro atoms. The van der Waals surface area contributed by atoms with E-state index in [9.17, 15) is 13.9 Å². The van der Waals surface area contributed by atoms with Gasteiger partial charge < -0.3 is 9.84 Å². The highest BCUT2D eigenvalue weighted by Gasteiger charge is 2.09. The Kier molecular flexibility index (Phi) is 4.35. The van der Waals surface area contributed by atoms with Crippen LogP contribution in [0.1, 0.15) is 29.7 Å². The molecule has 0 saturated heterocycles. The highest BCUT2D eigenvalue weighted by molar-refractivity contribution is 5.31. The van der Waals surface area contributed by atoms with Crippen LogP contribution in [0.5, 0.6) is 5.75 Å². The average Bonchev–Trinajstić information content (AvgIpc) is 2.37. The quantitative estimate of drug-likeness (QED) is 0.919. The molecule has 0 amide bonds. The van der Waals surface area contributed by atoms with Crippen LogP contribution in [0.15, 0.2) is 36.4 Å². The smallest absolute Gasteiger partial charge is 0.132 e. The normalized spacial score (nSPS) is 12.2. The number of rotatable bonds is 4. The molecule has 0 fully saturated rings. The van der Waals surface area contributed by atoms with Gasteiger partial charge in [0, 0.05) is 11.6 Å². The predicted molar refractivity (Wildman–Crippen MR) is 72.5 cm³/mol. The van der Waals surface area contributed by atoms with Gasteiger partial charge in [-0.1, -0.05) is 6.07 Å². The summed E-state index contributed by atoms with van der Waals surface area (Å²) in [4.78, 5) is 0. The maximum absolute atomic E-state index is 13.7. The second kappa shape index (κ2) is 6.01. The molecule has 0 bridgehead atoms. The minimum Gasteiger partial charge on any atom is -0.489 e. The van der Waals surface area contributed by atoms with Crippen molar-refractivity contribution in [3.8, 4) is 5.75 Å². The molecule has 20 heavy (non-hydrogen) atoms. The highest BCUT2D eigenvalue weighted by atomic mass is 19.1. The molecule has 0 heterocycles. The fraction of sp³-hybridized carbons (Fsp3) is 0.250.